The summed E-state index contributed by atoms with van der Waals surface area (Å²) in [5.41, 5.74) is 2.71. The lowest BCUT2D eigenvalue weighted by molar-refractivity contribution is 0.116. The molecule has 0 fully saturated rings. The molecule has 0 aliphatic carbocycles. The lowest BCUT2D eigenvalue weighted by Gasteiger charge is -2.30. The van der Waals surface area contributed by atoms with Crippen LogP contribution in [0.3, 0.4) is 0 Å². The van der Waals surface area contributed by atoms with E-state index in [0.29, 0.717) is 6.42 Å². The average Bonchev–Trinajstić information content (AvgIpc) is 2.89. The Morgan fingerprint density at radius 3 is 2.50 bits per heavy atom. The fraction of sp³-hybridized carbons (Fsp3) is 0.333. The van der Waals surface area contributed by atoms with Gasteiger partial charge in [0.15, 0.2) is 0 Å². The molecule has 0 saturated carbocycles. The van der Waals surface area contributed by atoms with Gasteiger partial charge in [0.1, 0.15) is 0 Å². The quantitative estimate of drug-likeness (QED) is 0.869. The zero-order chi connectivity index (χ0) is 13.0. The number of aliphatic hydroxyl groups excluding tert-OH is 2. The van der Waals surface area contributed by atoms with Gasteiger partial charge in [-0.1, -0.05) is 29.8 Å². The fourth-order valence-electron chi connectivity index (χ4n) is 2.21. The summed E-state index contributed by atoms with van der Waals surface area (Å²) in [4.78, 5) is 0. The molecule has 0 aliphatic rings. The van der Waals surface area contributed by atoms with Gasteiger partial charge in [-0.2, -0.15) is 11.3 Å². The summed E-state index contributed by atoms with van der Waals surface area (Å²) in [7, 11) is 0. The molecule has 0 saturated heterocycles. The summed E-state index contributed by atoms with van der Waals surface area (Å²) < 4.78 is 0. The summed E-state index contributed by atoms with van der Waals surface area (Å²) in [6, 6.07) is 10.1. The van der Waals surface area contributed by atoms with Gasteiger partial charge in [0.2, 0.25) is 0 Å². The Balaban J connectivity index is 2.37. The average molecular weight is 262 g/mol. The predicted octanol–water partition coefficient (Wildman–Crippen LogP) is 2.52. The summed E-state index contributed by atoms with van der Waals surface area (Å²) >= 11 is 1.64. The van der Waals surface area contributed by atoms with Gasteiger partial charge in [0, 0.05) is 5.41 Å². The molecule has 2 N–H and O–H groups in total. The molecular weight excluding hydrogens is 244 g/mol. The minimum absolute atomic E-state index is 0.0528. The van der Waals surface area contributed by atoms with Crippen LogP contribution in [0.4, 0.5) is 0 Å². The third-order valence-electron chi connectivity index (χ3n) is 3.36. The molecule has 2 rings (SSSR count). The minimum atomic E-state index is -0.590. The molecule has 1 aromatic carbocycles. The molecule has 0 bridgehead atoms. The first kappa shape index (κ1) is 13.3. The van der Waals surface area contributed by atoms with E-state index in [-0.39, 0.29) is 13.2 Å². The number of aryl methyl sites for hydroxylation is 1. The Bertz CT molecular complexity index is 487. The Kier molecular flexibility index (Phi) is 4.17. The van der Waals surface area contributed by atoms with Gasteiger partial charge >= 0.3 is 0 Å². The Labute approximate surface area is 112 Å². The van der Waals surface area contributed by atoms with Crippen LogP contribution in [0.15, 0.2) is 41.1 Å². The number of hydrogen-bond donors (Lipinski definition) is 2. The van der Waals surface area contributed by atoms with Crippen molar-refractivity contribution >= 4 is 11.3 Å². The maximum atomic E-state index is 9.76. The van der Waals surface area contributed by atoms with Gasteiger partial charge < -0.3 is 10.2 Å². The van der Waals surface area contributed by atoms with Crippen molar-refractivity contribution in [1.29, 1.82) is 0 Å². The second kappa shape index (κ2) is 5.65. The Hall–Kier alpha value is -1.16. The lowest BCUT2D eigenvalue weighted by atomic mass is 9.77. The third kappa shape index (κ3) is 2.64. The largest absolute Gasteiger partial charge is 0.395 e. The van der Waals surface area contributed by atoms with Gasteiger partial charge in [-0.3, -0.25) is 0 Å². The van der Waals surface area contributed by atoms with Crippen molar-refractivity contribution in [3.63, 3.8) is 0 Å². The zero-order valence-electron chi connectivity index (χ0n) is 10.5. The number of hydrogen-bond acceptors (Lipinski definition) is 3. The zero-order valence-corrected chi connectivity index (χ0v) is 11.3. The van der Waals surface area contributed by atoms with E-state index in [2.05, 4.69) is 5.38 Å². The van der Waals surface area contributed by atoms with E-state index in [1.165, 1.54) is 0 Å². The highest BCUT2D eigenvalue weighted by atomic mass is 32.1. The van der Waals surface area contributed by atoms with Gasteiger partial charge in [-0.15, -0.1) is 0 Å². The van der Waals surface area contributed by atoms with Crippen molar-refractivity contribution in [3.05, 3.63) is 57.8 Å². The number of rotatable bonds is 5. The first-order valence-electron chi connectivity index (χ1n) is 6.00. The van der Waals surface area contributed by atoms with Crippen LogP contribution in [0.2, 0.25) is 0 Å². The lowest BCUT2D eigenvalue weighted by Crippen LogP contribution is -2.37. The van der Waals surface area contributed by atoms with Crippen LogP contribution in [0, 0.1) is 6.92 Å². The van der Waals surface area contributed by atoms with E-state index in [9.17, 15) is 10.2 Å². The Morgan fingerprint density at radius 1 is 1.17 bits per heavy atom. The van der Waals surface area contributed by atoms with Crippen molar-refractivity contribution in [3.8, 4) is 0 Å². The smallest absolute Gasteiger partial charge is 0.0553 e. The van der Waals surface area contributed by atoms with Crippen molar-refractivity contribution < 1.29 is 10.2 Å². The van der Waals surface area contributed by atoms with Crippen molar-refractivity contribution in [1.82, 2.24) is 0 Å². The summed E-state index contributed by atoms with van der Waals surface area (Å²) in [5.74, 6) is 0. The van der Waals surface area contributed by atoms with Gasteiger partial charge in [0.05, 0.1) is 13.2 Å². The van der Waals surface area contributed by atoms with Crippen LogP contribution in [0.1, 0.15) is 16.7 Å². The molecule has 0 radical (unpaired) electrons. The van der Waals surface area contributed by atoms with Crippen LogP contribution in [-0.2, 0) is 11.8 Å². The normalized spacial score (nSPS) is 11.7. The second-order valence-electron chi connectivity index (χ2n) is 4.77. The van der Waals surface area contributed by atoms with E-state index < -0.39 is 5.41 Å². The molecular formula is C15H18O2S. The fourth-order valence-corrected chi connectivity index (χ4v) is 2.87. The van der Waals surface area contributed by atoms with Gasteiger partial charge in [0.25, 0.3) is 0 Å². The highest BCUT2D eigenvalue weighted by molar-refractivity contribution is 7.07. The van der Waals surface area contributed by atoms with Gasteiger partial charge in [-0.25, -0.2) is 0 Å². The number of aliphatic hydroxyl groups is 2. The first-order chi connectivity index (χ1) is 8.70. The van der Waals surface area contributed by atoms with Crippen LogP contribution in [0.25, 0.3) is 0 Å². The summed E-state index contributed by atoms with van der Waals surface area (Å²) in [5, 5.41) is 23.6. The molecule has 18 heavy (non-hydrogen) atoms. The molecule has 0 spiro atoms. The molecule has 2 aromatic rings. The highest BCUT2D eigenvalue weighted by Crippen LogP contribution is 2.29. The molecule has 0 amide bonds. The van der Waals surface area contributed by atoms with Crippen LogP contribution in [0.5, 0.6) is 0 Å². The van der Waals surface area contributed by atoms with Crippen LogP contribution >= 0.6 is 11.3 Å². The Morgan fingerprint density at radius 2 is 1.94 bits per heavy atom. The van der Waals surface area contributed by atoms with E-state index >= 15 is 0 Å². The molecule has 96 valence electrons. The van der Waals surface area contributed by atoms with E-state index in [1.54, 1.807) is 11.3 Å². The van der Waals surface area contributed by atoms with E-state index in [4.69, 9.17) is 0 Å². The van der Waals surface area contributed by atoms with E-state index in [1.807, 2.05) is 42.6 Å². The van der Waals surface area contributed by atoms with Crippen LogP contribution in [-0.4, -0.2) is 23.4 Å². The topological polar surface area (TPSA) is 40.5 Å². The van der Waals surface area contributed by atoms with Crippen molar-refractivity contribution in [2.45, 2.75) is 18.8 Å². The predicted molar refractivity (Wildman–Crippen MR) is 75.1 cm³/mol. The van der Waals surface area contributed by atoms with Crippen molar-refractivity contribution in [2.75, 3.05) is 13.2 Å². The SMILES string of the molecule is Cc1cccc(C(CO)(CO)Cc2ccsc2)c1. The van der Waals surface area contributed by atoms with E-state index in [0.717, 1.165) is 16.7 Å². The van der Waals surface area contributed by atoms with Crippen molar-refractivity contribution in [2.24, 2.45) is 0 Å². The number of thiophene rings is 1. The molecule has 0 atom stereocenters. The third-order valence-corrected chi connectivity index (χ3v) is 4.09. The number of benzene rings is 1. The highest BCUT2D eigenvalue weighted by Gasteiger charge is 2.31. The maximum absolute atomic E-state index is 9.76. The second-order valence-corrected chi connectivity index (χ2v) is 5.55. The minimum Gasteiger partial charge on any atom is -0.395 e. The summed E-state index contributed by atoms with van der Waals surface area (Å²) in [6.45, 7) is 1.92. The molecule has 3 heteroatoms. The van der Waals surface area contributed by atoms with Gasteiger partial charge in [-0.05, 0) is 41.3 Å². The summed E-state index contributed by atoms with van der Waals surface area (Å²) in [6.07, 6.45) is 0.660. The monoisotopic (exact) mass is 262 g/mol. The standard InChI is InChI=1S/C15H18O2S/c1-12-3-2-4-14(7-12)15(10-16,11-17)8-13-5-6-18-9-13/h2-7,9,16-17H,8,10-11H2,1H3. The molecule has 1 aromatic heterocycles. The maximum Gasteiger partial charge on any atom is 0.0553 e. The molecule has 0 aliphatic heterocycles. The molecule has 2 nitrogen and oxygen atoms in total. The molecule has 0 unspecified atom stereocenters. The molecule has 1 heterocycles. The first-order valence-corrected chi connectivity index (χ1v) is 6.94. The van der Waals surface area contributed by atoms with Crippen LogP contribution < -0.4 is 0 Å².